The van der Waals surface area contributed by atoms with Gasteiger partial charge >= 0.3 is 12.0 Å². The number of nitrogens with two attached hydrogens (primary N) is 1. The van der Waals surface area contributed by atoms with Gasteiger partial charge in [0.15, 0.2) is 6.10 Å². The molecule has 21 heteroatoms. The number of aliphatic hydroxyl groups excluding tert-OH is 3. The molecule has 0 spiro atoms. The van der Waals surface area contributed by atoms with Crippen molar-refractivity contribution in [3.05, 3.63) is 23.8 Å². The number of hydrogen-bond acceptors (Lipinski definition) is 14. The molecule has 1 fully saturated rings. The van der Waals surface area contributed by atoms with Gasteiger partial charge in [0.25, 0.3) is 16.0 Å². The fourth-order valence-corrected chi connectivity index (χ4v) is 5.43. The number of benzene rings is 1. The predicted molar refractivity (Wildman–Crippen MR) is 192 cm³/mol. The van der Waals surface area contributed by atoms with Crippen molar-refractivity contribution in [3.8, 4) is 5.75 Å². The Morgan fingerprint density at radius 1 is 0.926 bits per heavy atom. The summed E-state index contributed by atoms with van der Waals surface area (Å²) in [7, 11) is -4.45. The molecule has 11 N–H and O–H groups in total. The normalized spacial score (nSPS) is 21.2. The molecule has 1 aliphatic heterocycles. The molecule has 0 aromatic heterocycles. The first-order valence-corrected chi connectivity index (χ1v) is 19.0. The zero-order valence-electron chi connectivity index (χ0n) is 31.1. The van der Waals surface area contributed by atoms with E-state index in [9.17, 15) is 47.7 Å². The molecule has 0 radical (unpaired) electrons. The molecule has 0 saturated carbocycles. The van der Waals surface area contributed by atoms with Gasteiger partial charge in [-0.2, -0.15) is 8.42 Å². The van der Waals surface area contributed by atoms with Gasteiger partial charge < -0.3 is 61.8 Å². The Kier molecular flexibility index (Phi) is 18.0. The number of nitrogens with one attached hydrogen (secondary N) is 5. The van der Waals surface area contributed by atoms with Crippen molar-refractivity contribution in [2.75, 3.05) is 24.2 Å². The van der Waals surface area contributed by atoms with Crippen molar-refractivity contribution in [2.45, 2.75) is 110 Å². The lowest BCUT2D eigenvalue weighted by Crippen LogP contribution is -2.63. The third-order valence-corrected chi connectivity index (χ3v) is 8.67. The molecular formula is C33H54N6O14S. The molecule has 54 heavy (non-hydrogen) atoms. The number of aliphatic hydroxyl groups is 3. The summed E-state index contributed by atoms with van der Waals surface area (Å²) in [5.41, 5.74) is 5.44. The van der Waals surface area contributed by atoms with E-state index in [4.69, 9.17) is 24.5 Å². The van der Waals surface area contributed by atoms with Gasteiger partial charge in [-0.1, -0.05) is 47.6 Å². The molecule has 0 aliphatic carbocycles. The SMILES string of the molecule is CC(C)N[C@@H](C(=O)N[C@H](CCCNC(N)=O)C(=O)Nc1ccc(COC(=O)C(C)C)cc1O[C@H]1O[C@@H](C(=O)NCCS(=O)(=O)O)[C@H](O)[C@@H](O)[C@@H]1O)C(C)C. The molecule has 1 heterocycles. The van der Waals surface area contributed by atoms with Gasteiger partial charge in [-0.15, -0.1) is 0 Å². The number of hydrogen-bond donors (Lipinski definition) is 10. The molecule has 0 bridgehead atoms. The van der Waals surface area contributed by atoms with Gasteiger partial charge in [0.1, 0.15) is 36.7 Å². The molecule has 306 valence electrons. The summed E-state index contributed by atoms with van der Waals surface area (Å²) in [4.78, 5) is 63.4. The lowest BCUT2D eigenvalue weighted by atomic mass is 9.98. The second kappa shape index (κ2) is 21.1. The van der Waals surface area contributed by atoms with E-state index < -0.39 is 101 Å². The van der Waals surface area contributed by atoms with Crippen LogP contribution in [0.3, 0.4) is 0 Å². The zero-order chi connectivity index (χ0) is 40.9. The summed E-state index contributed by atoms with van der Waals surface area (Å²) in [6.45, 7) is 9.93. The third kappa shape index (κ3) is 15.0. The molecular weight excluding hydrogens is 736 g/mol. The molecule has 1 aromatic carbocycles. The first-order chi connectivity index (χ1) is 25.1. The highest BCUT2D eigenvalue weighted by Crippen LogP contribution is 2.31. The van der Waals surface area contributed by atoms with Crippen molar-refractivity contribution in [2.24, 2.45) is 17.6 Å². The number of esters is 1. The van der Waals surface area contributed by atoms with Gasteiger partial charge in [0.2, 0.25) is 18.1 Å². The number of urea groups is 1. The molecule has 20 nitrogen and oxygen atoms in total. The minimum Gasteiger partial charge on any atom is -0.461 e. The summed E-state index contributed by atoms with van der Waals surface area (Å²) in [5, 5.41) is 45.0. The van der Waals surface area contributed by atoms with Crippen LogP contribution in [0.5, 0.6) is 5.75 Å². The van der Waals surface area contributed by atoms with Gasteiger partial charge in [0, 0.05) is 19.1 Å². The van der Waals surface area contributed by atoms with Crippen LogP contribution in [0.4, 0.5) is 10.5 Å². The van der Waals surface area contributed by atoms with Gasteiger partial charge in [-0.05, 0) is 36.5 Å². The molecule has 0 unspecified atom stereocenters. The number of carbonyl (C=O) groups excluding carboxylic acids is 5. The van der Waals surface area contributed by atoms with Crippen molar-refractivity contribution >= 4 is 45.5 Å². The van der Waals surface area contributed by atoms with Gasteiger partial charge in [0.05, 0.1) is 23.4 Å². The summed E-state index contributed by atoms with van der Waals surface area (Å²) in [6.07, 6.45) is -9.49. The van der Waals surface area contributed by atoms with Crippen LogP contribution in [0, 0.1) is 11.8 Å². The van der Waals surface area contributed by atoms with E-state index >= 15 is 0 Å². The van der Waals surface area contributed by atoms with E-state index in [1.54, 1.807) is 13.8 Å². The average Bonchev–Trinajstić information content (AvgIpc) is 3.07. The molecule has 1 aliphatic rings. The Morgan fingerprint density at radius 2 is 1.59 bits per heavy atom. The number of anilines is 1. The van der Waals surface area contributed by atoms with E-state index in [2.05, 4.69) is 26.6 Å². The Labute approximate surface area is 314 Å². The van der Waals surface area contributed by atoms with Crippen LogP contribution in [0.1, 0.15) is 59.9 Å². The van der Waals surface area contributed by atoms with Gasteiger partial charge in [-0.3, -0.25) is 23.7 Å². The summed E-state index contributed by atoms with van der Waals surface area (Å²) >= 11 is 0. The van der Waals surface area contributed by atoms with Crippen molar-refractivity contribution < 1.29 is 66.5 Å². The molecule has 2 rings (SSSR count). The van der Waals surface area contributed by atoms with E-state index in [1.807, 2.05) is 27.7 Å². The molecule has 1 aromatic rings. The van der Waals surface area contributed by atoms with Crippen LogP contribution in [-0.2, 0) is 45.4 Å². The maximum Gasteiger partial charge on any atom is 0.312 e. The first kappa shape index (κ1) is 46.0. The van der Waals surface area contributed by atoms with Crippen LogP contribution in [0.25, 0.3) is 0 Å². The smallest absolute Gasteiger partial charge is 0.312 e. The summed E-state index contributed by atoms with van der Waals surface area (Å²) in [6, 6.07) is 1.52. The number of primary amides is 1. The van der Waals surface area contributed by atoms with Crippen LogP contribution < -0.4 is 37.1 Å². The number of ether oxygens (including phenoxy) is 3. The molecule has 1 saturated heterocycles. The maximum absolute atomic E-state index is 13.8. The van der Waals surface area contributed by atoms with Crippen molar-refractivity contribution in [1.82, 2.24) is 21.3 Å². The Morgan fingerprint density at radius 3 is 2.17 bits per heavy atom. The number of carbonyl (C=O) groups is 5. The highest BCUT2D eigenvalue weighted by Gasteiger charge is 2.48. The quantitative estimate of drug-likeness (QED) is 0.0407. The second-order valence-electron chi connectivity index (χ2n) is 13.7. The standard InChI is InChI=1S/C33H54N6O14S/c1-16(2)23(37-18(5)6)29(44)39-21(8-7-11-36-33(34)47)28(43)38-20-10-9-19(15-51-31(46)17(3)4)14-22(20)52-32-26(42)24(40)25(41)27(53-32)30(45)35-12-13-54(48,49)50/h9-10,14,16-18,21,23-27,32,37,40-42H,7-8,11-13,15H2,1-6H3,(H,35,45)(H,38,43)(H,39,44)(H3,34,36,47)(H,48,49,50)/t21-,23-,24-,25-,26+,27-,32+/m1/s1. The second-order valence-corrected chi connectivity index (χ2v) is 15.3. The number of rotatable bonds is 20. The first-order valence-electron chi connectivity index (χ1n) is 17.4. The Bertz CT molecular complexity index is 1560. The minimum absolute atomic E-state index is 0.0483. The monoisotopic (exact) mass is 790 g/mol. The van der Waals surface area contributed by atoms with Crippen LogP contribution in [0.2, 0.25) is 0 Å². The Balaban J connectivity index is 2.46. The number of amides is 5. The Hall–Kier alpha value is -4.12. The minimum atomic E-state index is -4.45. The predicted octanol–water partition coefficient (Wildman–Crippen LogP) is -1.53. The average molecular weight is 791 g/mol. The van der Waals surface area contributed by atoms with E-state index in [0.29, 0.717) is 5.56 Å². The topological polar surface area (TPSA) is 314 Å². The third-order valence-electron chi connectivity index (χ3n) is 7.95. The summed E-state index contributed by atoms with van der Waals surface area (Å²) < 4.78 is 47.8. The van der Waals surface area contributed by atoms with E-state index in [1.165, 1.54) is 18.2 Å². The highest BCUT2D eigenvalue weighted by molar-refractivity contribution is 7.85. The molecule has 5 amide bonds. The lowest BCUT2D eigenvalue weighted by molar-refractivity contribution is -0.266. The fourth-order valence-electron chi connectivity index (χ4n) is 5.07. The van der Waals surface area contributed by atoms with E-state index in [0.717, 1.165) is 0 Å². The molecule has 7 atom stereocenters. The lowest BCUT2D eigenvalue weighted by Gasteiger charge is -2.39. The van der Waals surface area contributed by atoms with Crippen LogP contribution in [0.15, 0.2) is 18.2 Å². The highest BCUT2D eigenvalue weighted by atomic mass is 32.2. The zero-order valence-corrected chi connectivity index (χ0v) is 31.9. The van der Waals surface area contributed by atoms with Crippen molar-refractivity contribution in [1.29, 1.82) is 0 Å². The largest absolute Gasteiger partial charge is 0.461 e. The van der Waals surface area contributed by atoms with Crippen molar-refractivity contribution in [3.63, 3.8) is 0 Å². The van der Waals surface area contributed by atoms with E-state index in [-0.39, 0.29) is 49.4 Å². The van der Waals surface area contributed by atoms with Crippen LogP contribution >= 0.6 is 0 Å². The maximum atomic E-state index is 13.8. The van der Waals surface area contributed by atoms with Gasteiger partial charge in [-0.25, -0.2) is 4.79 Å². The summed E-state index contributed by atoms with van der Waals surface area (Å²) in [5.74, 6) is -4.51. The van der Waals surface area contributed by atoms with Crippen LogP contribution in [-0.4, -0.2) is 126 Å². The fraction of sp³-hybridized carbons (Fsp3) is 0.667.